The summed E-state index contributed by atoms with van der Waals surface area (Å²) in [6, 6.07) is 14.5. The number of piperidine rings is 1. The Morgan fingerprint density at radius 1 is 1.27 bits per heavy atom. The Hall–Kier alpha value is -2.38. The molecule has 1 heterocycles. The molecule has 2 N–H and O–H groups in total. The van der Waals surface area contributed by atoms with Crippen LogP contribution in [0.2, 0.25) is 0 Å². The quantitative estimate of drug-likeness (QED) is 0.619. The third-order valence-corrected chi connectivity index (χ3v) is 5.43. The topological polar surface area (TPSA) is 84.3 Å². The molecule has 0 bridgehead atoms. The second kappa shape index (κ2) is 8.33. The molecule has 1 aliphatic rings. The summed E-state index contributed by atoms with van der Waals surface area (Å²) in [5.74, 6) is -0.258. The molecule has 1 saturated heterocycles. The largest absolute Gasteiger partial charge is 0.349 e. The molecule has 7 heteroatoms. The van der Waals surface area contributed by atoms with Gasteiger partial charge in [-0.05, 0) is 44.5 Å². The van der Waals surface area contributed by atoms with Crippen LogP contribution in [0.1, 0.15) is 30.1 Å². The van der Waals surface area contributed by atoms with Gasteiger partial charge in [0.25, 0.3) is 11.6 Å². The first-order valence-electron chi connectivity index (χ1n) is 8.58. The lowest BCUT2D eigenvalue weighted by atomic mass is 10.00. The van der Waals surface area contributed by atoms with Crippen LogP contribution in [0.4, 0.5) is 5.69 Å². The summed E-state index contributed by atoms with van der Waals surface area (Å²) in [5, 5.41) is 17.5. The van der Waals surface area contributed by atoms with Crippen LogP contribution in [0.25, 0.3) is 0 Å². The van der Waals surface area contributed by atoms with Gasteiger partial charge in [-0.15, -0.1) is 0 Å². The van der Waals surface area contributed by atoms with Gasteiger partial charge in [-0.25, -0.2) is 0 Å². The van der Waals surface area contributed by atoms with Crippen LogP contribution >= 0.6 is 11.8 Å². The number of amides is 1. The number of rotatable bonds is 5. The number of nitrogens with one attached hydrogen (secondary N) is 2. The van der Waals surface area contributed by atoms with Gasteiger partial charge in [0.15, 0.2) is 0 Å². The molecule has 1 fully saturated rings. The lowest BCUT2D eigenvalue weighted by Gasteiger charge is -2.28. The summed E-state index contributed by atoms with van der Waals surface area (Å²) in [6.07, 6.45) is 1.70. The Morgan fingerprint density at radius 3 is 2.73 bits per heavy atom. The van der Waals surface area contributed by atoms with E-state index in [4.69, 9.17) is 0 Å². The number of carbonyl (C=O) groups is 1. The minimum Gasteiger partial charge on any atom is -0.349 e. The van der Waals surface area contributed by atoms with Crippen molar-refractivity contribution in [3.8, 4) is 0 Å². The highest BCUT2D eigenvalue weighted by molar-refractivity contribution is 7.99. The van der Waals surface area contributed by atoms with Crippen molar-refractivity contribution in [2.75, 3.05) is 6.54 Å². The van der Waals surface area contributed by atoms with Crippen molar-refractivity contribution in [3.05, 3.63) is 64.2 Å². The molecular weight excluding hydrogens is 350 g/mol. The number of nitrogens with zero attached hydrogens (tertiary/aromatic N) is 1. The molecular formula is C19H21N3O3S. The van der Waals surface area contributed by atoms with Gasteiger partial charge in [0.2, 0.25) is 0 Å². The summed E-state index contributed by atoms with van der Waals surface area (Å²) < 4.78 is 0. The summed E-state index contributed by atoms with van der Waals surface area (Å²) in [6.45, 7) is 2.94. The summed E-state index contributed by atoms with van der Waals surface area (Å²) in [4.78, 5) is 25.2. The van der Waals surface area contributed by atoms with Crippen molar-refractivity contribution in [2.24, 2.45) is 0 Å². The normalized spacial score (nSPS) is 19.7. The molecule has 2 aromatic rings. The third kappa shape index (κ3) is 4.62. The second-order valence-electron chi connectivity index (χ2n) is 6.40. The lowest BCUT2D eigenvalue weighted by molar-refractivity contribution is -0.384. The smallest absolute Gasteiger partial charge is 0.270 e. The van der Waals surface area contributed by atoms with E-state index in [1.807, 2.05) is 30.3 Å². The van der Waals surface area contributed by atoms with Crippen molar-refractivity contribution in [3.63, 3.8) is 0 Å². The minimum absolute atomic E-state index is 0.0765. The van der Waals surface area contributed by atoms with Crippen LogP contribution in [0, 0.1) is 10.1 Å². The van der Waals surface area contributed by atoms with E-state index in [0.29, 0.717) is 16.5 Å². The van der Waals surface area contributed by atoms with Crippen LogP contribution in [0.5, 0.6) is 0 Å². The molecule has 0 aliphatic carbocycles. The van der Waals surface area contributed by atoms with Gasteiger partial charge in [-0.1, -0.05) is 30.0 Å². The Morgan fingerprint density at radius 2 is 2.04 bits per heavy atom. The highest BCUT2D eigenvalue weighted by Crippen LogP contribution is 2.32. The van der Waals surface area contributed by atoms with Crippen molar-refractivity contribution >= 4 is 23.4 Å². The molecule has 2 unspecified atom stereocenters. The first-order valence-corrected chi connectivity index (χ1v) is 9.40. The molecule has 26 heavy (non-hydrogen) atoms. The van der Waals surface area contributed by atoms with Gasteiger partial charge in [0.05, 0.1) is 10.5 Å². The zero-order valence-electron chi connectivity index (χ0n) is 14.5. The van der Waals surface area contributed by atoms with E-state index in [0.717, 1.165) is 24.3 Å². The van der Waals surface area contributed by atoms with E-state index >= 15 is 0 Å². The second-order valence-corrected chi connectivity index (χ2v) is 7.52. The number of hydrogen-bond acceptors (Lipinski definition) is 5. The fourth-order valence-electron chi connectivity index (χ4n) is 3.04. The Kier molecular flexibility index (Phi) is 5.90. The fraction of sp³-hybridized carbons (Fsp3) is 0.316. The first-order chi connectivity index (χ1) is 12.5. The van der Waals surface area contributed by atoms with E-state index in [9.17, 15) is 14.9 Å². The van der Waals surface area contributed by atoms with Gasteiger partial charge < -0.3 is 10.6 Å². The van der Waals surface area contributed by atoms with Crippen molar-refractivity contribution in [2.45, 2.75) is 41.6 Å². The van der Waals surface area contributed by atoms with Crippen molar-refractivity contribution in [1.29, 1.82) is 0 Å². The van der Waals surface area contributed by atoms with Crippen LogP contribution < -0.4 is 10.6 Å². The maximum Gasteiger partial charge on any atom is 0.270 e. The lowest BCUT2D eigenvalue weighted by Crippen LogP contribution is -2.46. The predicted octanol–water partition coefficient (Wildman–Crippen LogP) is 3.62. The number of hydrogen-bond donors (Lipinski definition) is 2. The zero-order chi connectivity index (χ0) is 18.5. The van der Waals surface area contributed by atoms with Gasteiger partial charge in [-0.2, -0.15) is 0 Å². The molecule has 1 aliphatic heterocycles. The number of nitro groups is 1. The van der Waals surface area contributed by atoms with Crippen LogP contribution in [0.3, 0.4) is 0 Å². The Labute approximate surface area is 156 Å². The summed E-state index contributed by atoms with van der Waals surface area (Å²) in [7, 11) is 0. The molecule has 0 saturated carbocycles. The van der Waals surface area contributed by atoms with Crippen LogP contribution in [-0.4, -0.2) is 29.5 Å². The van der Waals surface area contributed by atoms with Crippen molar-refractivity contribution < 1.29 is 9.72 Å². The van der Waals surface area contributed by atoms with Gasteiger partial charge in [0, 0.05) is 34.0 Å². The predicted molar refractivity (Wildman–Crippen MR) is 102 cm³/mol. The first kappa shape index (κ1) is 18.4. The van der Waals surface area contributed by atoms with E-state index in [-0.39, 0.29) is 17.6 Å². The number of benzene rings is 2. The maximum absolute atomic E-state index is 12.8. The molecule has 1 amide bonds. The average molecular weight is 371 g/mol. The van der Waals surface area contributed by atoms with E-state index in [2.05, 4.69) is 17.6 Å². The van der Waals surface area contributed by atoms with Crippen LogP contribution in [-0.2, 0) is 0 Å². The molecule has 3 rings (SSSR count). The highest BCUT2D eigenvalue weighted by Gasteiger charge is 2.23. The van der Waals surface area contributed by atoms with Crippen molar-refractivity contribution in [1.82, 2.24) is 10.6 Å². The fourth-order valence-corrected chi connectivity index (χ4v) is 3.98. The van der Waals surface area contributed by atoms with E-state index in [1.165, 1.54) is 23.9 Å². The van der Waals surface area contributed by atoms with Gasteiger partial charge in [-0.3, -0.25) is 14.9 Å². The zero-order valence-corrected chi connectivity index (χ0v) is 15.3. The Balaban J connectivity index is 1.85. The molecule has 0 spiro atoms. The maximum atomic E-state index is 12.8. The number of nitro benzene ring substituents is 1. The number of carbonyl (C=O) groups excluding carboxylic acids is 1. The molecule has 2 aromatic carbocycles. The molecule has 0 radical (unpaired) electrons. The molecule has 136 valence electrons. The number of non-ortho nitro benzene ring substituents is 1. The molecule has 0 aromatic heterocycles. The van der Waals surface area contributed by atoms with Gasteiger partial charge >= 0.3 is 0 Å². The summed E-state index contributed by atoms with van der Waals surface area (Å²) in [5.41, 5.74) is 0.269. The van der Waals surface area contributed by atoms with Gasteiger partial charge in [0.1, 0.15) is 0 Å². The SMILES string of the molecule is CC1CC(NC(=O)c2cc([N+](=O)[O-])ccc2Sc2ccccc2)CCN1. The Bertz CT molecular complexity index is 798. The summed E-state index contributed by atoms with van der Waals surface area (Å²) >= 11 is 1.43. The molecule has 6 nitrogen and oxygen atoms in total. The molecule has 2 atom stereocenters. The van der Waals surface area contributed by atoms with E-state index < -0.39 is 4.92 Å². The van der Waals surface area contributed by atoms with Crippen LogP contribution in [0.15, 0.2) is 58.3 Å². The average Bonchev–Trinajstić information content (AvgIpc) is 2.62. The minimum atomic E-state index is -0.472. The third-order valence-electron chi connectivity index (χ3n) is 4.35. The standard InChI is InChI=1S/C19H21N3O3S/c1-13-11-14(9-10-20-13)21-19(23)17-12-15(22(24)25)7-8-18(17)26-16-5-3-2-4-6-16/h2-8,12-14,20H,9-11H2,1H3,(H,21,23). The van der Waals surface area contributed by atoms with E-state index in [1.54, 1.807) is 6.07 Å². The monoisotopic (exact) mass is 371 g/mol. The highest BCUT2D eigenvalue weighted by atomic mass is 32.2.